The van der Waals surface area contributed by atoms with Gasteiger partial charge >= 0.3 is 24.7 Å². The van der Waals surface area contributed by atoms with Crippen molar-refractivity contribution in [2.24, 2.45) is 0 Å². The SMILES string of the molecule is O=C(O)c1cc(Cc2ccc(NS(=O)(=O)c3ccc(OC(F)(F)F)cc3)c(C(=O)O)c2)ccc1NS(=O)(=O)c1ccc(OC(F)(F)F)cc1. The zero-order valence-corrected chi connectivity index (χ0v) is 25.7. The van der Waals surface area contributed by atoms with E-state index in [4.69, 9.17) is 0 Å². The second kappa shape index (κ2) is 13.5. The van der Waals surface area contributed by atoms with E-state index in [2.05, 4.69) is 18.9 Å². The summed E-state index contributed by atoms with van der Waals surface area (Å²) in [5.74, 6) is -4.51. The van der Waals surface area contributed by atoms with Crippen molar-refractivity contribution < 1.29 is 72.5 Å². The van der Waals surface area contributed by atoms with Crippen LogP contribution in [-0.4, -0.2) is 51.7 Å². The Labute approximate surface area is 272 Å². The molecule has 0 aliphatic rings. The van der Waals surface area contributed by atoms with Crippen LogP contribution in [0.1, 0.15) is 31.8 Å². The number of carbonyl (C=O) groups is 2. The van der Waals surface area contributed by atoms with E-state index in [-0.39, 0.29) is 17.5 Å². The van der Waals surface area contributed by atoms with Crippen LogP contribution in [0.25, 0.3) is 0 Å². The summed E-state index contributed by atoms with van der Waals surface area (Å²) in [6.07, 6.45) is -10.1. The molecule has 0 fully saturated rings. The lowest BCUT2D eigenvalue weighted by Crippen LogP contribution is -2.18. The summed E-state index contributed by atoms with van der Waals surface area (Å²) in [5, 5.41) is 19.5. The number of carboxylic acids is 2. The lowest BCUT2D eigenvalue weighted by atomic mass is 9.99. The first-order valence-electron chi connectivity index (χ1n) is 13.1. The van der Waals surface area contributed by atoms with Gasteiger partial charge in [0.2, 0.25) is 0 Å². The molecule has 0 saturated heterocycles. The first-order chi connectivity index (χ1) is 22.6. The van der Waals surface area contributed by atoms with Crippen LogP contribution in [0.15, 0.2) is 94.7 Å². The molecule has 260 valence electrons. The first-order valence-corrected chi connectivity index (χ1v) is 16.1. The maximum absolute atomic E-state index is 12.8. The molecule has 12 nitrogen and oxygen atoms in total. The number of anilines is 2. The van der Waals surface area contributed by atoms with Gasteiger partial charge < -0.3 is 19.7 Å². The van der Waals surface area contributed by atoms with E-state index in [1.807, 2.05) is 0 Å². The molecule has 20 heteroatoms. The number of hydrogen-bond donors (Lipinski definition) is 4. The smallest absolute Gasteiger partial charge is 0.478 e. The fraction of sp³-hybridized carbons (Fsp3) is 0.103. The van der Waals surface area contributed by atoms with Crippen LogP contribution in [0.2, 0.25) is 0 Å². The Kier molecular flexibility index (Phi) is 10.0. The van der Waals surface area contributed by atoms with Crippen LogP contribution in [0.5, 0.6) is 11.5 Å². The van der Waals surface area contributed by atoms with Gasteiger partial charge in [0.15, 0.2) is 0 Å². The molecule has 4 rings (SSSR count). The van der Waals surface area contributed by atoms with Gasteiger partial charge in [-0.05, 0) is 90.3 Å². The summed E-state index contributed by atoms with van der Waals surface area (Å²) in [7, 11) is -8.98. The maximum atomic E-state index is 12.8. The summed E-state index contributed by atoms with van der Waals surface area (Å²) >= 11 is 0. The minimum atomic E-state index is -5.01. The Morgan fingerprint density at radius 2 is 0.898 bits per heavy atom. The predicted molar refractivity (Wildman–Crippen MR) is 157 cm³/mol. The van der Waals surface area contributed by atoms with Crippen LogP contribution >= 0.6 is 0 Å². The molecule has 0 unspecified atom stereocenters. The van der Waals surface area contributed by atoms with Crippen molar-refractivity contribution in [2.45, 2.75) is 28.9 Å². The summed E-state index contributed by atoms with van der Waals surface area (Å²) in [4.78, 5) is 23.0. The number of hydrogen-bond acceptors (Lipinski definition) is 8. The highest BCUT2D eigenvalue weighted by Crippen LogP contribution is 2.29. The Balaban J connectivity index is 1.54. The second-order valence-electron chi connectivity index (χ2n) is 9.80. The highest BCUT2D eigenvalue weighted by atomic mass is 32.2. The minimum absolute atomic E-state index is 0.123. The van der Waals surface area contributed by atoms with E-state index < -0.39 is 88.5 Å². The van der Waals surface area contributed by atoms with Gasteiger partial charge in [-0.15, -0.1) is 26.3 Å². The van der Waals surface area contributed by atoms with Gasteiger partial charge in [0.1, 0.15) is 11.5 Å². The average molecular weight is 735 g/mol. The molecule has 0 saturated carbocycles. The van der Waals surface area contributed by atoms with Crippen LogP contribution in [-0.2, 0) is 26.5 Å². The fourth-order valence-electron chi connectivity index (χ4n) is 4.22. The molecule has 0 radical (unpaired) electrons. The summed E-state index contributed by atoms with van der Waals surface area (Å²) in [5.41, 5.74) is -1.37. The molecule has 0 aliphatic carbocycles. The molecule has 0 bridgehead atoms. The molecule has 4 aromatic carbocycles. The molecule has 4 aromatic rings. The van der Waals surface area contributed by atoms with E-state index in [9.17, 15) is 63.0 Å². The number of halogens is 6. The molecule has 0 heterocycles. The van der Waals surface area contributed by atoms with E-state index in [1.165, 1.54) is 12.1 Å². The van der Waals surface area contributed by atoms with E-state index in [0.717, 1.165) is 72.8 Å². The average Bonchev–Trinajstić information content (AvgIpc) is 2.97. The van der Waals surface area contributed by atoms with Crippen molar-refractivity contribution in [2.75, 3.05) is 9.44 Å². The van der Waals surface area contributed by atoms with E-state index in [0.29, 0.717) is 0 Å². The van der Waals surface area contributed by atoms with Crippen LogP contribution in [0, 0.1) is 0 Å². The third-order valence-electron chi connectivity index (χ3n) is 6.26. The fourth-order valence-corrected chi connectivity index (χ4v) is 6.38. The molecule has 0 aromatic heterocycles. The molecule has 4 N–H and O–H groups in total. The van der Waals surface area contributed by atoms with Crippen molar-refractivity contribution in [3.8, 4) is 11.5 Å². The molecule has 0 aliphatic heterocycles. The molecule has 0 atom stereocenters. The number of benzene rings is 4. The van der Waals surface area contributed by atoms with E-state index in [1.54, 1.807) is 0 Å². The Hall–Kier alpha value is -5.50. The Morgan fingerprint density at radius 1 is 0.571 bits per heavy atom. The van der Waals surface area contributed by atoms with Crippen molar-refractivity contribution in [3.05, 3.63) is 107 Å². The summed E-state index contributed by atoms with van der Waals surface area (Å²) in [6.45, 7) is 0. The monoisotopic (exact) mass is 734 g/mol. The molecule has 49 heavy (non-hydrogen) atoms. The lowest BCUT2D eigenvalue weighted by molar-refractivity contribution is -0.275. The number of ether oxygens (including phenoxy) is 2. The largest absolute Gasteiger partial charge is 0.573 e. The van der Waals surface area contributed by atoms with Gasteiger partial charge in [0.05, 0.1) is 32.3 Å². The van der Waals surface area contributed by atoms with Gasteiger partial charge in [0.25, 0.3) is 20.0 Å². The number of sulfonamides is 2. The number of nitrogens with one attached hydrogen (secondary N) is 2. The normalized spacial score (nSPS) is 12.2. The van der Waals surface area contributed by atoms with Crippen LogP contribution in [0.3, 0.4) is 0 Å². The van der Waals surface area contributed by atoms with Crippen molar-refractivity contribution >= 4 is 43.4 Å². The number of carboxylic acid groups (broad SMARTS) is 2. The quantitative estimate of drug-likeness (QED) is 0.125. The maximum Gasteiger partial charge on any atom is 0.573 e. The minimum Gasteiger partial charge on any atom is -0.478 e. The first kappa shape index (κ1) is 36.3. The third kappa shape index (κ3) is 9.76. The molecular formula is C29H20F6N2O10S2. The molecule has 0 amide bonds. The van der Waals surface area contributed by atoms with Gasteiger partial charge in [-0.3, -0.25) is 9.44 Å². The van der Waals surface area contributed by atoms with Crippen molar-refractivity contribution in [1.29, 1.82) is 0 Å². The van der Waals surface area contributed by atoms with E-state index >= 15 is 0 Å². The number of aromatic carboxylic acids is 2. The highest BCUT2D eigenvalue weighted by Gasteiger charge is 2.32. The summed E-state index contributed by atoms with van der Waals surface area (Å²) < 4.78 is 137. The van der Waals surface area contributed by atoms with Crippen molar-refractivity contribution in [3.63, 3.8) is 0 Å². The summed E-state index contributed by atoms with van der Waals surface area (Å²) in [6, 6.07) is 13.2. The Bertz CT molecular complexity index is 1950. The molecular weight excluding hydrogens is 714 g/mol. The third-order valence-corrected chi connectivity index (χ3v) is 9.02. The Morgan fingerprint density at radius 3 is 1.18 bits per heavy atom. The topological polar surface area (TPSA) is 185 Å². The number of alkyl halides is 6. The van der Waals surface area contributed by atoms with Crippen LogP contribution < -0.4 is 18.9 Å². The molecule has 0 spiro atoms. The zero-order chi connectivity index (χ0) is 36.4. The van der Waals surface area contributed by atoms with Crippen molar-refractivity contribution in [1.82, 2.24) is 0 Å². The zero-order valence-electron chi connectivity index (χ0n) is 24.0. The lowest BCUT2D eigenvalue weighted by Gasteiger charge is -2.14. The second-order valence-corrected chi connectivity index (χ2v) is 13.2. The van der Waals surface area contributed by atoms with Gasteiger partial charge in [0, 0.05) is 0 Å². The predicted octanol–water partition coefficient (Wildman–Crippen LogP) is 6.07. The van der Waals surface area contributed by atoms with Gasteiger partial charge in [-0.2, -0.15) is 0 Å². The van der Waals surface area contributed by atoms with Gasteiger partial charge in [-0.25, -0.2) is 26.4 Å². The van der Waals surface area contributed by atoms with Gasteiger partial charge in [-0.1, -0.05) is 12.1 Å². The highest BCUT2D eigenvalue weighted by molar-refractivity contribution is 7.93. The number of rotatable bonds is 12. The standard InChI is InChI=1S/C29H20F6N2O10S2/c30-28(31,32)46-18-3-7-20(8-4-18)48(42,43)36-24-11-1-16(14-22(24)26(38)39)13-17-2-12-25(23(15-17)27(40)41)37-49(44,45)21-9-5-19(6-10-21)47-29(33,34)35/h1-12,14-15,36-37H,13H2,(H,38,39)(H,40,41). The van der Waals surface area contributed by atoms with Crippen LogP contribution in [0.4, 0.5) is 37.7 Å².